The summed E-state index contributed by atoms with van der Waals surface area (Å²) in [4.78, 5) is 24.8. The van der Waals surface area contributed by atoms with E-state index in [4.69, 9.17) is 4.74 Å². The number of ether oxygens (including phenoxy) is 1. The molecule has 1 heterocycles. The molecule has 6 nitrogen and oxygen atoms in total. The molecule has 0 unspecified atom stereocenters. The zero-order valence-electron chi connectivity index (χ0n) is 17.1. The minimum Gasteiger partial charge on any atom is -0.452 e. The third-order valence-electron chi connectivity index (χ3n) is 4.20. The predicted octanol–water partition coefficient (Wildman–Crippen LogP) is 3.92. The summed E-state index contributed by atoms with van der Waals surface area (Å²) in [6.45, 7) is 7.22. The number of para-hydroxylation sites is 1. The van der Waals surface area contributed by atoms with Crippen LogP contribution < -0.4 is 5.32 Å². The molecule has 1 aromatic heterocycles. The van der Waals surface area contributed by atoms with Crippen LogP contribution in [0.1, 0.15) is 36.7 Å². The quantitative estimate of drug-likeness (QED) is 0.669. The van der Waals surface area contributed by atoms with Crippen molar-refractivity contribution in [1.82, 2.24) is 15.1 Å². The van der Waals surface area contributed by atoms with Crippen molar-refractivity contribution in [3.8, 4) is 16.9 Å². The van der Waals surface area contributed by atoms with Gasteiger partial charge in [-0.05, 0) is 45.4 Å². The number of benzene rings is 2. The fourth-order valence-electron chi connectivity index (χ4n) is 2.94. The van der Waals surface area contributed by atoms with Crippen LogP contribution in [-0.4, -0.2) is 33.8 Å². The molecular formula is C23H25N3O3. The van der Waals surface area contributed by atoms with Crippen LogP contribution in [0.3, 0.4) is 0 Å². The van der Waals surface area contributed by atoms with Gasteiger partial charge >= 0.3 is 5.97 Å². The van der Waals surface area contributed by atoms with Gasteiger partial charge in [0.2, 0.25) is 0 Å². The van der Waals surface area contributed by atoms with Crippen LogP contribution in [0.15, 0.2) is 60.8 Å². The van der Waals surface area contributed by atoms with Crippen LogP contribution in [0.4, 0.5) is 0 Å². The Bertz CT molecular complexity index is 1020. The molecule has 6 heteroatoms. The molecule has 1 N–H and O–H groups in total. The fourth-order valence-corrected chi connectivity index (χ4v) is 2.94. The molecule has 29 heavy (non-hydrogen) atoms. The van der Waals surface area contributed by atoms with Gasteiger partial charge in [0, 0.05) is 17.3 Å². The Balaban J connectivity index is 1.92. The van der Waals surface area contributed by atoms with Crippen molar-refractivity contribution >= 4 is 11.9 Å². The van der Waals surface area contributed by atoms with Crippen LogP contribution in [0.5, 0.6) is 0 Å². The van der Waals surface area contributed by atoms with Gasteiger partial charge in [0.25, 0.3) is 5.91 Å². The van der Waals surface area contributed by atoms with Crippen molar-refractivity contribution in [3.05, 3.63) is 71.9 Å². The van der Waals surface area contributed by atoms with E-state index in [2.05, 4.69) is 10.4 Å². The van der Waals surface area contributed by atoms with E-state index in [9.17, 15) is 9.59 Å². The first-order valence-corrected chi connectivity index (χ1v) is 9.44. The van der Waals surface area contributed by atoms with Crippen LogP contribution in [-0.2, 0) is 9.53 Å². The lowest BCUT2D eigenvalue weighted by Gasteiger charge is -2.20. The number of nitrogens with one attached hydrogen (secondary N) is 1. The number of esters is 1. The molecule has 1 amide bonds. The standard InChI is InChI=1S/C23H25N3O3/c1-16-10-8-9-13-18(16)21-19(14-26(25-21)17-11-6-5-7-12-17)22(28)29-15-20(27)24-23(2,3)4/h5-14H,15H2,1-4H3,(H,24,27). The minimum atomic E-state index is -0.588. The van der Waals surface area contributed by atoms with Gasteiger partial charge in [-0.2, -0.15) is 5.10 Å². The third-order valence-corrected chi connectivity index (χ3v) is 4.20. The van der Waals surface area contributed by atoms with E-state index in [1.54, 1.807) is 10.9 Å². The number of rotatable bonds is 5. The Hall–Kier alpha value is -3.41. The topological polar surface area (TPSA) is 73.2 Å². The fraction of sp³-hybridized carbons (Fsp3) is 0.261. The molecule has 0 fully saturated rings. The molecule has 0 radical (unpaired) electrons. The first kappa shape index (κ1) is 20.3. The molecule has 2 aromatic carbocycles. The molecule has 150 valence electrons. The molecule has 0 aliphatic carbocycles. The van der Waals surface area contributed by atoms with E-state index in [1.165, 1.54) is 0 Å². The number of hydrogen-bond acceptors (Lipinski definition) is 4. The van der Waals surface area contributed by atoms with Gasteiger partial charge < -0.3 is 10.1 Å². The normalized spacial score (nSPS) is 11.2. The average Bonchev–Trinajstić information content (AvgIpc) is 3.11. The second kappa shape index (κ2) is 8.31. The Kier molecular flexibility index (Phi) is 5.82. The number of aryl methyl sites for hydroxylation is 1. The summed E-state index contributed by atoms with van der Waals surface area (Å²) in [5, 5.41) is 7.41. The van der Waals surface area contributed by atoms with Gasteiger partial charge in [-0.15, -0.1) is 0 Å². The predicted molar refractivity (Wildman–Crippen MR) is 112 cm³/mol. The Labute approximate surface area is 170 Å². The highest BCUT2D eigenvalue weighted by Gasteiger charge is 2.22. The summed E-state index contributed by atoms with van der Waals surface area (Å²) in [6.07, 6.45) is 1.64. The molecule has 3 rings (SSSR count). The van der Waals surface area contributed by atoms with Gasteiger partial charge in [-0.25, -0.2) is 9.48 Å². The van der Waals surface area contributed by atoms with E-state index in [-0.39, 0.29) is 12.5 Å². The van der Waals surface area contributed by atoms with E-state index in [0.29, 0.717) is 11.3 Å². The number of carbonyl (C=O) groups excluding carboxylic acids is 2. The average molecular weight is 391 g/mol. The van der Waals surface area contributed by atoms with Gasteiger partial charge in [-0.3, -0.25) is 4.79 Å². The Morgan fingerprint density at radius 1 is 1.03 bits per heavy atom. The highest BCUT2D eigenvalue weighted by molar-refractivity contribution is 5.97. The van der Waals surface area contributed by atoms with Crippen LogP contribution in [0, 0.1) is 6.92 Å². The zero-order valence-corrected chi connectivity index (χ0v) is 17.1. The van der Waals surface area contributed by atoms with Crippen molar-refractivity contribution in [2.45, 2.75) is 33.2 Å². The summed E-state index contributed by atoms with van der Waals surface area (Å²) in [7, 11) is 0. The van der Waals surface area contributed by atoms with Crippen molar-refractivity contribution in [2.75, 3.05) is 6.61 Å². The summed E-state index contributed by atoms with van der Waals surface area (Å²) in [5.41, 5.74) is 3.10. The molecule has 0 saturated heterocycles. The third kappa shape index (κ3) is 5.10. The molecule has 0 saturated carbocycles. The lowest BCUT2D eigenvalue weighted by molar-refractivity contribution is -0.125. The van der Waals surface area contributed by atoms with Gasteiger partial charge in [-0.1, -0.05) is 42.5 Å². The molecule has 3 aromatic rings. The van der Waals surface area contributed by atoms with Gasteiger partial charge in [0.05, 0.1) is 5.69 Å². The lowest BCUT2D eigenvalue weighted by atomic mass is 10.0. The van der Waals surface area contributed by atoms with E-state index < -0.39 is 11.5 Å². The number of hydrogen-bond donors (Lipinski definition) is 1. The maximum absolute atomic E-state index is 12.8. The highest BCUT2D eigenvalue weighted by Crippen LogP contribution is 2.27. The van der Waals surface area contributed by atoms with E-state index in [1.807, 2.05) is 82.3 Å². The zero-order chi connectivity index (χ0) is 21.0. The summed E-state index contributed by atoms with van der Waals surface area (Å²) in [5.74, 6) is -0.937. The SMILES string of the molecule is Cc1ccccc1-c1nn(-c2ccccc2)cc1C(=O)OCC(=O)NC(C)(C)C. The maximum atomic E-state index is 12.8. The molecule has 0 bridgehead atoms. The summed E-state index contributed by atoms with van der Waals surface area (Å²) >= 11 is 0. The minimum absolute atomic E-state index is 0.312. The van der Waals surface area contributed by atoms with Crippen molar-refractivity contribution in [3.63, 3.8) is 0 Å². The number of carbonyl (C=O) groups is 2. The second-order valence-corrected chi connectivity index (χ2v) is 7.86. The van der Waals surface area contributed by atoms with E-state index in [0.717, 1.165) is 16.8 Å². The van der Waals surface area contributed by atoms with Crippen molar-refractivity contribution in [1.29, 1.82) is 0 Å². The Morgan fingerprint density at radius 3 is 2.34 bits per heavy atom. The monoisotopic (exact) mass is 391 g/mol. The highest BCUT2D eigenvalue weighted by atomic mass is 16.5. The van der Waals surface area contributed by atoms with Crippen LogP contribution in [0.25, 0.3) is 16.9 Å². The number of nitrogens with zero attached hydrogens (tertiary/aromatic N) is 2. The van der Waals surface area contributed by atoms with Gasteiger partial charge in [0.1, 0.15) is 11.3 Å². The first-order valence-electron chi connectivity index (χ1n) is 9.44. The van der Waals surface area contributed by atoms with Crippen LogP contribution >= 0.6 is 0 Å². The molecule has 0 spiro atoms. The number of amides is 1. The summed E-state index contributed by atoms with van der Waals surface area (Å²) in [6, 6.07) is 17.2. The lowest BCUT2D eigenvalue weighted by Crippen LogP contribution is -2.42. The Morgan fingerprint density at radius 2 is 1.69 bits per heavy atom. The molecule has 0 aliphatic rings. The first-order chi connectivity index (χ1) is 13.7. The summed E-state index contributed by atoms with van der Waals surface area (Å²) < 4.78 is 6.93. The maximum Gasteiger partial charge on any atom is 0.342 e. The largest absolute Gasteiger partial charge is 0.452 e. The second-order valence-electron chi connectivity index (χ2n) is 7.86. The van der Waals surface area contributed by atoms with Gasteiger partial charge in [0.15, 0.2) is 6.61 Å². The van der Waals surface area contributed by atoms with Crippen molar-refractivity contribution < 1.29 is 14.3 Å². The molecule has 0 atom stereocenters. The smallest absolute Gasteiger partial charge is 0.342 e. The number of aromatic nitrogens is 2. The van der Waals surface area contributed by atoms with Crippen LogP contribution in [0.2, 0.25) is 0 Å². The molecular weight excluding hydrogens is 366 g/mol. The van der Waals surface area contributed by atoms with E-state index >= 15 is 0 Å². The molecule has 0 aliphatic heterocycles. The van der Waals surface area contributed by atoms with Crippen molar-refractivity contribution in [2.24, 2.45) is 0 Å².